The monoisotopic (exact) mass is 270 g/mol. The van der Waals surface area contributed by atoms with Crippen LogP contribution in [0.25, 0.3) is 0 Å². The van der Waals surface area contributed by atoms with Gasteiger partial charge >= 0.3 is 0 Å². The van der Waals surface area contributed by atoms with Gasteiger partial charge in [0.1, 0.15) is 0 Å². The van der Waals surface area contributed by atoms with Gasteiger partial charge in [-0.1, -0.05) is 26.7 Å². The minimum absolute atomic E-state index is 0.0741. The molecule has 19 heavy (non-hydrogen) atoms. The highest BCUT2D eigenvalue weighted by Crippen LogP contribution is 2.29. The first-order chi connectivity index (χ1) is 9.04. The van der Waals surface area contributed by atoms with E-state index in [1.54, 1.807) is 0 Å². The molecule has 1 aliphatic rings. The number of rotatable bonds is 7. The molecule has 4 heteroatoms. The van der Waals surface area contributed by atoms with Crippen LogP contribution in [-0.2, 0) is 4.79 Å². The molecule has 0 radical (unpaired) electrons. The first-order valence-corrected chi connectivity index (χ1v) is 7.66. The first-order valence-electron chi connectivity index (χ1n) is 7.66. The summed E-state index contributed by atoms with van der Waals surface area (Å²) in [5.74, 6) is 1.48. The number of nitrogens with one attached hydrogen (secondary N) is 2. The summed E-state index contributed by atoms with van der Waals surface area (Å²) in [7, 11) is 0. The average Bonchev–Trinajstić information content (AvgIpc) is 2.42. The molecule has 0 saturated heterocycles. The summed E-state index contributed by atoms with van der Waals surface area (Å²) in [6.07, 6.45) is 4.76. The second-order valence-corrected chi connectivity index (χ2v) is 6.26. The van der Waals surface area contributed by atoms with E-state index in [4.69, 9.17) is 0 Å². The lowest BCUT2D eigenvalue weighted by Gasteiger charge is -2.31. The van der Waals surface area contributed by atoms with Crippen LogP contribution < -0.4 is 10.6 Å². The van der Waals surface area contributed by atoms with Gasteiger partial charge in [0.05, 0.1) is 6.04 Å². The van der Waals surface area contributed by atoms with E-state index < -0.39 is 0 Å². The summed E-state index contributed by atoms with van der Waals surface area (Å²) in [6.45, 7) is 7.93. The number of hydrogen-bond donors (Lipinski definition) is 3. The molecular weight excluding hydrogens is 240 g/mol. The molecule has 0 spiro atoms. The van der Waals surface area contributed by atoms with Crippen molar-refractivity contribution in [1.82, 2.24) is 10.6 Å². The minimum atomic E-state index is -0.153. The highest BCUT2D eigenvalue weighted by atomic mass is 16.3. The Kier molecular flexibility index (Phi) is 7.39. The highest BCUT2D eigenvalue weighted by molar-refractivity contribution is 5.81. The Morgan fingerprint density at radius 2 is 1.84 bits per heavy atom. The summed E-state index contributed by atoms with van der Waals surface area (Å²) < 4.78 is 0. The number of aliphatic hydroxyl groups is 1. The molecule has 0 aromatic carbocycles. The largest absolute Gasteiger partial charge is 0.396 e. The fraction of sp³-hybridized carbons (Fsp3) is 0.933. The number of carbonyl (C=O) groups is 1. The van der Waals surface area contributed by atoms with Crippen molar-refractivity contribution in [3.05, 3.63) is 0 Å². The van der Waals surface area contributed by atoms with Crippen LogP contribution in [0.3, 0.4) is 0 Å². The van der Waals surface area contributed by atoms with Gasteiger partial charge in [0.25, 0.3) is 0 Å². The van der Waals surface area contributed by atoms with Crippen molar-refractivity contribution in [2.45, 2.75) is 52.5 Å². The van der Waals surface area contributed by atoms with E-state index >= 15 is 0 Å². The molecule has 0 aromatic heterocycles. The molecule has 1 amide bonds. The fourth-order valence-corrected chi connectivity index (χ4v) is 2.67. The van der Waals surface area contributed by atoms with Crippen molar-refractivity contribution in [1.29, 1.82) is 0 Å². The SMILES string of the molecule is CC(C)CNC(=O)C(C)NCC1CCCCC1CO. The molecule has 0 bridgehead atoms. The maximum absolute atomic E-state index is 11.8. The molecule has 1 aliphatic carbocycles. The molecular formula is C15H30N2O2. The van der Waals surface area contributed by atoms with Gasteiger partial charge in [0.15, 0.2) is 0 Å². The van der Waals surface area contributed by atoms with E-state index in [9.17, 15) is 9.90 Å². The van der Waals surface area contributed by atoms with Crippen LogP contribution in [0, 0.1) is 17.8 Å². The topological polar surface area (TPSA) is 61.4 Å². The van der Waals surface area contributed by atoms with E-state index in [0.717, 1.165) is 19.5 Å². The molecule has 3 N–H and O–H groups in total. The molecule has 0 heterocycles. The molecule has 0 aromatic rings. The Labute approximate surface area is 117 Å². The number of amides is 1. The molecule has 4 nitrogen and oxygen atoms in total. The summed E-state index contributed by atoms with van der Waals surface area (Å²) >= 11 is 0. The minimum Gasteiger partial charge on any atom is -0.396 e. The lowest BCUT2D eigenvalue weighted by Crippen LogP contribution is -2.46. The first kappa shape index (κ1) is 16.4. The number of hydrogen-bond acceptors (Lipinski definition) is 3. The van der Waals surface area contributed by atoms with Crippen LogP contribution in [-0.4, -0.2) is 36.8 Å². The van der Waals surface area contributed by atoms with Crippen LogP contribution in [0.5, 0.6) is 0 Å². The van der Waals surface area contributed by atoms with E-state index in [-0.39, 0.29) is 18.6 Å². The fourth-order valence-electron chi connectivity index (χ4n) is 2.67. The zero-order chi connectivity index (χ0) is 14.3. The molecule has 3 atom stereocenters. The van der Waals surface area contributed by atoms with Crippen molar-refractivity contribution < 1.29 is 9.90 Å². The molecule has 3 unspecified atom stereocenters. The second kappa shape index (κ2) is 8.54. The van der Waals surface area contributed by atoms with E-state index in [0.29, 0.717) is 17.8 Å². The van der Waals surface area contributed by atoms with Crippen molar-refractivity contribution >= 4 is 5.91 Å². The highest BCUT2D eigenvalue weighted by Gasteiger charge is 2.25. The Hall–Kier alpha value is -0.610. The van der Waals surface area contributed by atoms with Crippen LogP contribution in [0.15, 0.2) is 0 Å². The quantitative estimate of drug-likeness (QED) is 0.657. The standard InChI is InChI=1S/C15H30N2O2/c1-11(2)8-17-15(19)12(3)16-9-13-6-4-5-7-14(13)10-18/h11-14,16,18H,4-10H2,1-3H3,(H,17,19). The molecule has 1 fully saturated rings. The van der Waals surface area contributed by atoms with Gasteiger partial charge in [0, 0.05) is 13.2 Å². The maximum Gasteiger partial charge on any atom is 0.236 e. The third kappa shape index (κ3) is 5.91. The number of carbonyl (C=O) groups excluding carboxylic acids is 1. The van der Waals surface area contributed by atoms with Crippen molar-refractivity contribution in [2.24, 2.45) is 17.8 Å². The number of aliphatic hydroxyl groups excluding tert-OH is 1. The van der Waals surface area contributed by atoms with Gasteiger partial charge in [0.2, 0.25) is 5.91 Å². The summed E-state index contributed by atoms with van der Waals surface area (Å²) in [4.78, 5) is 11.8. The molecule has 1 saturated carbocycles. The zero-order valence-corrected chi connectivity index (χ0v) is 12.6. The third-order valence-electron chi connectivity index (χ3n) is 4.07. The second-order valence-electron chi connectivity index (χ2n) is 6.26. The van der Waals surface area contributed by atoms with Crippen LogP contribution >= 0.6 is 0 Å². The molecule has 1 rings (SSSR count). The molecule has 112 valence electrons. The van der Waals surface area contributed by atoms with Crippen molar-refractivity contribution in [2.75, 3.05) is 19.7 Å². The summed E-state index contributed by atoms with van der Waals surface area (Å²) in [5, 5.41) is 15.6. The van der Waals surface area contributed by atoms with Gasteiger partial charge in [-0.05, 0) is 44.1 Å². The maximum atomic E-state index is 11.8. The predicted molar refractivity (Wildman–Crippen MR) is 77.8 cm³/mol. The van der Waals surface area contributed by atoms with Gasteiger partial charge in [-0.15, -0.1) is 0 Å². The van der Waals surface area contributed by atoms with Crippen LogP contribution in [0.1, 0.15) is 46.5 Å². The summed E-state index contributed by atoms with van der Waals surface area (Å²) in [5.41, 5.74) is 0. The average molecular weight is 270 g/mol. The van der Waals surface area contributed by atoms with Gasteiger partial charge in [-0.25, -0.2) is 0 Å². The summed E-state index contributed by atoms with van der Waals surface area (Å²) in [6, 6.07) is -0.153. The Morgan fingerprint density at radius 3 is 2.42 bits per heavy atom. The Morgan fingerprint density at radius 1 is 1.21 bits per heavy atom. The predicted octanol–water partition coefficient (Wildman–Crippen LogP) is 1.54. The van der Waals surface area contributed by atoms with Crippen LogP contribution in [0.4, 0.5) is 0 Å². The zero-order valence-electron chi connectivity index (χ0n) is 12.6. The lowest BCUT2D eigenvalue weighted by atomic mass is 9.79. The molecule has 0 aliphatic heterocycles. The normalized spacial score (nSPS) is 25.3. The van der Waals surface area contributed by atoms with E-state index in [1.807, 2.05) is 6.92 Å². The van der Waals surface area contributed by atoms with E-state index in [1.165, 1.54) is 19.3 Å². The third-order valence-corrected chi connectivity index (χ3v) is 4.07. The van der Waals surface area contributed by atoms with E-state index in [2.05, 4.69) is 24.5 Å². The van der Waals surface area contributed by atoms with Gasteiger partial charge in [-0.2, -0.15) is 0 Å². The van der Waals surface area contributed by atoms with Gasteiger partial charge < -0.3 is 15.7 Å². The van der Waals surface area contributed by atoms with Crippen molar-refractivity contribution in [3.63, 3.8) is 0 Å². The Bertz CT molecular complexity index is 269. The smallest absolute Gasteiger partial charge is 0.236 e. The van der Waals surface area contributed by atoms with Gasteiger partial charge in [-0.3, -0.25) is 4.79 Å². The van der Waals surface area contributed by atoms with Crippen LogP contribution in [0.2, 0.25) is 0 Å². The van der Waals surface area contributed by atoms with Crippen molar-refractivity contribution in [3.8, 4) is 0 Å². The lowest BCUT2D eigenvalue weighted by molar-refractivity contribution is -0.123. The Balaban J connectivity index is 2.28.